The Morgan fingerprint density at radius 1 is 1.60 bits per heavy atom. The van der Waals surface area contributed by atoms with Gasteiger partial charge in [-0.3, -0.25) is 0 Å². The van der Waals surface area contributed by atoms with Crippen molar-refractivity contribution in [2.75, 3.05) is 0 Å². The number of halogens is 1. The molecule has 0 amide bonds. The summed E-state index contributed by atoms with van der Waals surface area (Å²) >= 11 is 4.46. The summed E-state index contributed by atoms with van der Waals surface area (Å²) in [5, 5.41) is 38.1. The molecule has 0 aromatic heterocycles. The molecule has 60 valence electrons. The van der Waals surface area contributed by atoms with Crippen LogP contribution in [0.4, 0.5) is 0 Å². The fourth-order valence-corrected chi connectivity index (χ4v) is 0.125. The summed E-state index contributed by atoms with van der Waals surface area (Å²) in [4.78, 5) is 6.25. The van der Waals surface area contributed by atoms with E-state index < -0.39 is 16.1 Å². The molecular weight excluding hydrogens is 169 g/mol. The van der Waals surface area contributed by atoms with Crippen LogP contribution in [0.3, 0.4) is 0 Å². The van der Waals surface area contributed by atoms with Gasteiger partial charge < -0.3 is 15.4 Å². The average Bonchev–Trinajstić information content (AvgIpc) is 1.62. The first-order chi connectivity index (χ1) is 4.19. The topological polar surface area (TPSA) is 121 Å². The molecule has 0 aliphatic rings. The number of carboxylic acid groups (broad SMARTS) is 1. The van der Waals surface area contributed by atoms with E-state index >= 15 is 0 Å². The molecule has 7 nitrogen and oxygen atoms in total. The van der Waals surface area contributed by atoms with Crippen molar-refractivity contribution in [1.29, 1.82) is 0 Å². The first kappa shape index (κ1) is 9.56. The molecule has 0 saturated carbocycles. The molecule has 0 heterocycles. The number of carbonyl (C=O) groups is 1. The van der Waals surface area contributed by atoms with Crippen LogP contribution in [-0.2, 0) is 4.79 Å². The van der Waals surface area contributed by atoms with E-state index in [1.54, 1.807) is 0 Å². The summed E-state index contributed by atoms with van der Waals surface area (Å²) in [6.07, 6.45) is 0. The van der Waals surface area contributed by atoms with Crippen molar-refractivity contribution in [3.8, 4) is 0 Å². The highest BCUT2D eigenvalue weighted by molar-refractivity contribution is 6.30. The predicted octanol–water partition coefficient (Wildman–Crippen LogP) is -0.951. The highest BCUT2D eigenvalue weighted by Gasteiger charge is 2.52. The molecule has 0 aromatic rings. The molecule has 1 unspecified atom stereocenters. The van der Waals surface area contributed by atoms with Crippen molar-refractivity contribution in [2.45, 2.75) is 5.18 Å². The lowest BCUT2D eigenvalue weighted by molar-refractivity contribution is -1.24. The Bertz CT molecular complexity index is 148. The molecule has 1 atom stereocenters. The van der Waals surface area contributed by atoms with E-state index in [9.17, 15) is 10.0 Å². The number of hydrogen-bond donors (Lipinski definition) is 4. The third-order valence-corrected chi connectivity index (χ3v) is 1.04. The smallest absolute Gasteiger partial charge is 0.442 e. The van der Waals surface area contributed by atoms with Gasteiger partial charge >= 0.3 is 11.2 Å². The van der Waals surface area contributed by atoms with Crippen LogP contribution in [0.1, 0.15) is 0 Å². The zero-order valence-electron chi connectivity index (χ0n) is 4.43. The van der Waals surface area contributed by atoms with E-state index in [2.05, 4.69) is 11.6 Å². The standard InChI is InChI=1S/C2H4ClNO6/c3-2(7,1(5)6)4(8,9)10/h7-9H,(H,5,6). The van der Waals surface area contributed by atoms with Gasteiger partial charge in [-0.05, 0) is 16.6 Å². The number of hydroxylamine groups is 3. The Morgan fingerprint density at radius 3 is 1.90 bits per heavy atom. The molecular formula is C2H4ClNO6. The van der Waals surface area contributed by atoms with E-state index in [1.807, 2.05) is 0 Å². The van der Waals surface area contributed by atoms with Crippen LogP contribution in [0.25, 0.3) is 0 Å². The summed E-state index contributed by atoms with van der Waals surface area (Å²) in [5.74, 6) is -2.26. The molecule has 0 saturated heterocycles. The minimum absolute atomic E-state index is 2.26. The van der Waals surface area contributed by atoms with Crippen molar-refractivity contribution in [2.24, 2.45) is 0 Å². The normalized spacial score (nSPS) is 18.1. The zero-order chi connectivity index (χ0) is 8.58. The maximum absolute atomic E-state index is 9.85. The van der Waals surface area contributed by atoms with Crippen molar-refractivity contribution >= 4 is 17.6 Å². The van der Waals surface area contributed by atoms with Crippen LogP contribution in [-0.4, -0.2) is 36.8 Å². The molecule has 0 rings (SSSR count). The minimum Gasteiger partial charge on any atom is -0.561 e. The quantitative estimate of drug-likeness (QED) is 0.140. The predicted molar refractivity (Wildman–Crippen MR) is 25.6 cm³/mol. The summed E-state index contributed by atoms with van der Waals surface area (Å²) in [6.45, 7) is 0. The fourth-order valence-electron chi connectivity index (χ4n) is 0.125. The van der Waals surface area contributed by atoms with E-state index in [4.69, 9.17) is 20.6 Å². The van der Waals surface area contributed by atoms with Gasteiger partial charge in [0.25, 0.3) is 0 Å². The second kappa shape index (κ2) is 2.31. The maximum Gasteiger partial charge on any atom is 0.442 e. The summed E-state index contributed by atoms with van der Waals surface area (Å²) in [6, 6.07) is 0. The Balaban J connectivity index is 4.57. The number of rotatable bonds is 2. The molecule has 4 N–H and O–H groups in total. The van der Waals surface area contributed by atoms with Gasteiger partial charge in [-0.15, -0.1) is 0 Å². The second-order valence-electron chi connectivity index (χ2n) is 1.44. The van der Waals surface area contributed by atoms with Crippen molar-refractivity contribution in [1.82, 2.24) is 0 Å². The van der Waals surface area contributed by atoms with Gasteiger partial charge in [-0.1, -0.05) is 0 Å². The summed E-state index contributed by atoms with van der Waals surface area (Å²) in [7, 11) is 0. The molecule has 0 aromatic carbocycles. The lowest BCUT2D eigenvalue weighted by Crippen LogP contribution is -2.57. The summed E-state index contributed by atoms with van der Waals surface area (Å²) < 4.78 is 0. The highest BCUT2D eigenvalue weighted by atomic mass is 35.5. The fraction of sp³-hybridized carbons (Fsp3) is 0.500. The number of hydrogen-bond acceptors (Lipinski definition) is 5. The van der Waals surface area contributed by atoms with Gasteiger partial charge in [-0.25, -0.2) is 4.79 Å². The molecule has 0 spiro atoms. The molecule has 0 aliphatic carbocycles. The molecule has 8 heteroatoms. The second-order valence-corrected chi connectivity index (χ2v) is 1.96. The average molecular weight is 174 g/mol. The largest absolute Gasteiger partial charge is 0.561 e. The lowest BCUT2D eigenvalue weighted by Gasteiger charge is -2.30. The Morgan fingerprint density at radius 2 is 1.90 bits per heavy atom. The molecule has 0 radical (unpaired) electrons. The van der Waals surface area contributed by atoms with Crippen LogP contribution in [0.15, 0.2) is 0 Å². The van der Waals surface area contributed by atoms with Gasteiger partial charge in [0.15, 0.2) is 0 Å². The number of quaternary nitrogens is 1. The van der Waals surface area contributed by atoms with Crippen molar-refractivity contribution < 1.29 is 30.4 Å². The number of aliphatic hydroxyl groups is 1. The number of nitrogens with zero attached hydrogens (tertiary/aromatic N) is 1. The first-order valence-corrected chi connectivity index (χ1v) is 2.27. The SMILES string of the molecule is O=C(O)C(O)(Cl)[N+]([O-])(O)O. The molecule has 0 fully saturated rings. The van der Waals surface area contributed by atoms with Gasteiger partial charge in [-0.2, -0.15) is 10.4 Å². The Kier molecular flexibility index (Phi) is 2.21. The van der Waals surface area contributed by atoms with Crippen molar-refractivity contribution in [3.05, 3.63) is 5.21 Å². The monoisotopic (exact) mass is 173 g/mol. The third-order valence-electron chi connectivity index (χ3n) is 0.658. The van der Waals surface area contributed by atoms with Gasteiger partial charge in [0, 0.05) is 0 Å². The van der Waals surface area contributed by atoms with Crippen LogP contribution in [0.2, 0.25) is 0 Å². The van der Waals surface area contributed by atoms with E-state index in [0.29, 0.717) is 0 Å². The number of aliphatic carboxylic acids is 1. The number of carboxylic acids is 1. The molecule has 0 aliphatic heterocycles. The van der Waals surface area contributed by atoms with E-state index in [0.717, 1.165) is 0 Å². The van der Waals surface area contributed by atoms with E-state index in [-0.39, 0.29) is 0 Å². The van der Waals surface area contributed by atoms with Crippen LogP contribution < -0.4 is 0 Å². The van der Waals surface area contributed by atoms with Crippen LogP contribution >= 0.6 is 11.6 Å². The third kappa shape index (κ3) is 1.53. The van der Waals surface area contributed by atoms with Gasteiger partial charge in [0.05, 0.1) is 0 Å². The highest BCUT2D eigenvalue weighted by Crippen LogP contribution is 2.20. The zero-order valence-corrected chi connectivity index (χ0v) is 5.19. The Labute approximate surface area is 59.4 Å². The summed E-state index contributed by atoms with van der Waals surface area (Å²) in [5.41, 5.74) is 0. The van der Waals surface area contributed by atoms with Crippen LogP contribution in [0, 0.1) is 5.21 Å². The number of alkyl halides is 1. The van der Waals surface area contributed by atoms with Gasteiger partial charge in [0.1, 0.15) is 0 Å². The van der Waals surface area contributed by atoms with Crippen LogP contribution in [0.5, 0.6) is 0 Å². The molecule has 10 heavy (non-hydrogen) atoms. The first-order valence-electron chi connectivity index (χ1n) is 1.90. The molecule has 0 bridgehead atoms. The van der Waals surface area contributed by atoms with Crippen molar-refractivity contribution in [3.63, 3.8) is 0 Å². The lowest BCUT2D eigenvalue weighted by atomic mass is 10.6. The minimum atomic E-state index is -3.68. The maximum atomic E-state index is 9.85. The van der Waals surface area contributed by atoms with Gasteiger partial charge in [0.2, 0.25) is 0 Å². The van der Waals surface area contributed by atoms with E-state index in [1.165, 1.54) is 0 Å². The Hall–Kier alpha value is -0.440.